The van der Waals surface area contributed by atoms with Crippen LogP contribution in [0.25, 0.3) is 22.0 Å². The number of thioether (sulfide) groups is 1. The molecule has 0 atom stereocenters. The Morgan fingerprint density at radius 2 is 1.70 bits per heavy atom. The molecule has 0 bridgehead atoms. The van der Waals surface area contributed by atoms with E-state index in [2.05, 4.69) is 4.74 Å². The first-order valence-corrected chi connectivity index (χ1v) is 16.4. The number of benzene rings is 4. The van der Waals surface area contributed by atoms with E-state index in [0.717, 1.165) is 4.90 Å². The molecule has 0 saturated carbocycles. The summed E-state index contributed by atoms with van der Waals surface area (Å²) in [6.45, 7) is -4.69. The molecule has 12 heteroatoms. The fourth-order valence-corrected chi connectivity index (χ4v) is 6.16. The van der Waals surface area contributed by atoms with Crippen molar-refractivity contribution in [3.05, 3.63) is 135 Å². The number of pyridine rings is 1. The Balaban J connectivity index is 1.57. The number of carbonyl (C=O) groups excluding carboxylic acids is 1. The van der Waals surface area contributed by atoms with Crippen LogP contribution >= 0.6 is 11.8 Å². The van der Waals surface area contributed by atoms with Gasteiger partial charge in [0.1, 0.15) is 6.54 Å². The quantitative estimate of drug-likeness (QED) is 0.0939. The lowest BCUT2D eigenvalue weighted by molar-refractivity contribution is -0.137. The SMILES string of the molecule is [2H]c1c([2H])c(F)c(F)c(C([2H])([2H])Sc2c([2H])c(=O)c3c([2H])c(C)c([2H])c([2H])c3n2CC(=O)N(Cc2c([2H])c([2H])c(-c3c([2H])c([2H])c(C(F)(F)F)c([2H])c3[2H])c([2H])c2[2H])C2CCN(CC([2H])([2H])OC([2H])([2H])[2H])CC2)c1[2H]. The summed E-state index contributed by atoms with van der Waals surface area (Å²) >= 11 is -0.288. The predicted molar refractivity (Wildman–Crippen MR) is 198 cm³/mol. The van der Waals surface area contributed by atoms with E-state index in [9.17, 15) is 22.4 Å². The molecule has 1 saturated heterocycles. The molecule has 0 spiro atoms. The number of hydrogen-bond acceptors (Lipinski definition) is 5. The van der Waals surface area contributed by atoms with E-state index in [1.807, 2.05) is 0 Å². The number of halogens is 5. The minimum Gasteiger partial charge on any atom is -0.383 e. The van der Waals surface area contributed by atoms with Crippen molar-refractivity contribution in [1.29, 1.82) is 0 Å². The molecular formula is C41H40F5N3O3S. The van der Waals surface area contributed by atoms with Crippen LogP contribution in [0, 0.1) is 18.6 Å². The Hall–Kier alpha value is -4.52. The lowest BCUT2D eigenvalue weighted by Crippen LogP contribution is -2.48. The highest BCUT2D eigenvalue weighted by Crippen LogP contribution is 2.32. The highest BCUT2D eigenvalue weighted by atomic mass is 32.2. The number of likely N-dealkylation sites (tertiary alicyclic amines) is 1. The number of alkyl halides is 3. The van der Waals surface area contributed by atoms with Gasteiger partial charge in [-0.25, -0.2) is 8.78 Å². The third-order valence-electron chi connectivity index (χ3n) is 8.04. The van der Waals surface area contributed by atoms with Crippen molar-refractivity contribution in [3.8, 4) is 11.1 Å². The largest absolute Gasteiger partial charge is 0.416 e. The number of piperidine rings is 1. The first-order valence-electron chi connectivity index (χ1n) is 26.6. The standard InChI is InChI=1S/C41H40F5N3O3S/c1-27-6-15-36-34(22-27)37(50)23-39(53-26-31-4-3-5-35(42)40(31)43)49(36)25-38(51)48(33-16-18-47(19-17-33)20-21-52-2)24-28-7-9-29(10-8-28)30-11-13-32(14-12-30)41(44,45)46/h3-15,22-23,33H,16-21,24-26H2,1-2H3/i2D3,3D,4D,5D,6D,7D,8D,9D,10D,11D,12D,13D,14D,15D,21D2,22D,23D,26D2. The molecule has 2 heterocycles. The van der Waals surface area contributed by atoms with Crippen LogP contribution in [-0.2, 0) is 34.5 Å². The third-order valence-corrected chi connectivity index (χ3v) is 8.86. The fraction of sp³-hybridized carbons (Fsp3) is 0.317. The topological polar surface area (TPSA) is 54.8 Å². The zero-order valence-electron chi connectivity index (χ0n) is 49.4. The van der Waals surface area contributed by atoms with Crippen molar-refractivity contribution in [3.63, 3.8) is 0 Å². The zero-order valence-corrected chi connectivity index (χ0v) is 28.2. The molecule has 278 valence electrons. The molecule has 0 N–H and O–H groups in total. The second-order valence-electron chi connectivity index (χ2n) is 11.5. The van der Waals surface area contributed by atoms with Crippen LogP contribution in [0.2, 0.25) is 0 Å². The van der Waals surface area contributed by atoms with Gasteiger partial charge in [-0.3, -0.25) is 9.59 Å². The summed E-state index contributed by atoms with van der Waals surface area (Å²) in [5.74, 6) is -5.35. The second kappa shape index (κ2) is 16.7. The molecule has 5 aromatic rings. The predicted octanol–water partition coefficient (Wildman–Crippen LogP) is 8.71. The fourth-order valence-electron chi connectivity index (χ4n) is 5.41. The smallest absolute Gasteiger partial charge is 0.383 e. The van der Waals surface area contributed by atoms with Crippen LogP contribution in [0.5, 0.6) is 0 Å². The lowest BCUT2D eigenvalue weighted by atomic mass is 10.00. The number of aromatic nitrogens is 1. The number of rotatable bonds is 12. The van der Waals surface area contributed by atoms with Gasteiger partial charge in [0.2, 0.25) is 5.91 Å². The van der Waals surface area contributed by atoms with Crippen molar-refractivity contribution < 1.29 is 61.6 Å². The van der Waals surface area contributed by atoms with Gasteiger partial charge in [0.15, 0.2) is 17.1 Å². The molecule has 0 aliphatic carbocycles. The molecule has 6 nitrogen and oxygen atoms in total. The molecule has 0 radical (unpaired) electrons. The van der Waals surface area contributed by atoms with Gasteiger partial charge in [-0.2, -0.15) is 13.2 Å². The molecule has 1 amide bonds. The Labute approximate surface area is 340 Å². The van der Waals surface area contributed by atoms with Crippen LogP contribution < -0.4 is 5.43 Å². The summed E-state index contributed by atoms with van der Waals surface area (Å²) in [4.78, 5) is 31.5. The maximum absolute atomic E-state index is 15.5. The first kappa shape index (κ1) is 19.2. The summed E-state index contributed by atoms with van der Waals surface area (Å²) in [5, 5.41) is -1.71. The van der Waals surface area contributed by atoms with E-state index >= 15 is 9.18 Å². The van der Waals surface area contributed by atoms with Crippen LogP contribution in [-0.4, -0.2) is 59.5 Å². The van der Waals surface area contributed by atoms with E-state index in [0.29, 0.717) is 4.57 Å². The van der Waals surface area contributed by atoms with Crippen LogP contribution in [0.3, 0.4) is 0 Å². The van der Waals surface area contributed by atoms with Gasteiger partial charge in [0, 0.05) is 64.7 Å². The molecule has 1 fully saturated rings. The van der Waals surface area contributed by atoms with Crippen molar-refractivity contribution >= 4 is 28.6 Å². The Bertz CT molecular complexity index is 3170. The minimum absolute atomic E-state index is 0.143. The Morgan fingerprint density at radius 3 is 2.38 bits per heavy atom. The normalized spacial score (nSPS) is 20.9. The number of carbonyl (C=O) groups is 1. The van der Waals surface area contributed by atoms with Crippen molar-refractivity contribution in [1.82, 2.24) is 14.4 Å². The summed E-state index contributed by atoms with van der Waals surface area (Å²) in [6, 6.07) is -18.9. The van der Waals surface area contributed by atoms with Crippen molar-refractivity contribution in [2.45, 2.75) is 55.8 Å². The van der Waals surface area contributed by atoms with E-state index in [1.165, 1.54) is 11.8 Å². The van der Waals surface area contributed by atoms with Gasteiger partial charge in [-0.05, 0) is 66.7 Å². The zero-order chi connectivity index (χ0) is 56.8. The van der Waals surface area contributed by atoms with Gasteiger partial charge in [-0.1, -0.05) is 59.9 Å². The summed E-state index contributed by atoms with van der Waals surface area (Å²) in [5.41, 5.74) is -12.0. The van der Waals surface area contributed by atoms with Gasteiger partial charge in [0.25, 0.3) is 0 Å². The van der Waals surface area contributed by atoms with Gasteiger partial charge < -0.3 is 19.1 Å². The molecule has 0 unspecified atom stereocenters. The lowest BCUT2D eigenvalue weighted by Gasteiger charge is -2.39. The number of fused-ring (bicyclic) bond motifs is 1. The first-order chi connectivity index (χ1) is 34.3. The average molecular weight is 772 g/mol. The highest BCUT2D eigenvalue weighted by molar-refractivity contribution is 7.98. The molecule has 6 rings (SSSR count). The molecule has 1 aliphatic heterocycles. The van der Waals surface area contributed by atoms with Crippen LogP contribution in [0.15, 0.2) is 100 Å². The van der Waals surface area contributed by atoms with Crippen molar-refractivity contribution in [2.24, 2.45) is 0 Å². The molecule has 4 aromatic carbocycles. The van der Waals surface area contributed by atoms with Gasteiger partial charge >= 0.3 is 6.18 Å². The molecule has 53 heavy (non-hydrogen) atoms. The van der Waals surface area contributed by atoms with E-state index in [1.54, 1.807) is 0 Å². The Morgan fingerprint density at radius 1 is 1.00 bits per heavy atom. The number of amides is 1. The van der Waals surface area contributed by atoms with Crippen LogP contribution in [0.1, 0.15) is 65.3 Å². The molecular weight excluding hydrogens is 710 g/mol. The maximum atomic E-state index is 15.5. The van der Waals surface area contributed by atoms with Crippen LogP contribution in [0.4, 0.5) is 22.0 Å². The van der Waals surface area contributed by atoms with Gasteiger partial charge in [-0.15, -0.1) is 11.8 Å². The second-order valence-corrected chi connectivity index (χ2v) is 12.3. The number of nitrogens with zero attached hydrogens (tertiary/aromatic N) is 3. The Kier molecular flexibility index (Phi) is 6.03. The molecule has 1 aliphatic rings. The summed E-state index contributed by atoms with van der Waals surface area (Å²) in [7, 11) is -3.16. The maximum Gasteiger partial charge on any atom is 0.416 e. The number of ether oxygens (including phenoxy) is 1. The minimum atomic E-state index is -5.40. The monoisotopic (exact) mass is 771 g/mol. The average Bonchev–Trinajstić information content (AvgIpc) is 3.29. The van der Waals surface area contributed by atoms with E-state index < -0.39 is 209 Å². The summed E-state index contributed by atoms with van der Waals surface area (Å²) < 4.78 is 261. The van der Waals surface area contributed by atoms with Crippen molar-refractivity contribution in [2.75, 3.05) is 33.2 Å². The number of methoxy groups -OCH3 is 1. The number of hydrogen-bond donors (Lipinski definition) is 0. The molecule has 1 aromatic heterocycles. The van der Waals surface area contributed by atoms with Gasteiger partial charge in [0.05, 0.1) is 50.1 Å². The van der Waals surface area contributed by atoms with E-state index in [4.69, 9.17) is 30.2 Å². The summed E-state index contributed by atoms with van der Waals surface area (Å²) in [6.07, 6.45) is -5.73. The van der Waals surface area contributed by atoms with E-state index in [-0.39, 0.29) is 43.3 Å². The highest BCUT2D eigenvalue weighted by Gasteiger charge is 2.31. The third kappa shape index (κ3) is 9.17.